The zero-order chi connectivity index (χ0) is 14.6. The Balaban J connectivity index is 2.05. The van der Waals surface area contributed by atoms with Crippen LogP contribution in [0.3, 0.4) is 0 Å². The Morgan fingerprint density at radius 2 is 2.05 bits per heavy atom. The Morgan fingerprint density at radius 3 is 2.70 bits per heavy atom. The zero-order valence-corrected chi connectivity index (χ0v) is 11.2. The van der Waals surface area contributed by atoms with Crippen molar-refractivity contribution in [3.8, 4) is 0 Å². The van der Waals surface area contributed by atoms with E-state index < -0.39 is 21.0 Å². The van der Waals surface area contributed by atoms with Gasteiger partial charge in [-0.1, -0.05) is 12.1 Å². The highest BCUT2D eigenvalue weighted by molar-refractivity contribution is 7.86. The van der Waals surface area contributed by atoms with Crippen LogP contribution in [0.4, 0.5) is 9.57 Å². The summed E-state index contributed by atoms with van der Waals surface area (Å²) >= 11 is 0. The number of benzene rings is 1. The van der Waals surface area contributed by atoms with Crippen LogP contribution < -0.4 is 5.32 Å². The van der Waals surface area contributed by atoms with Crippen molar-refractivity contribution < 1.29 is 17.1 Å². The lowest BCUT2D eigenvalue weighted by Crippen LogP contribution is -2.16. The normalized spacial score (nSPS) is 11.2. The van der Waals surface area contributed by atoms with Crippen LogP contribution in [0, 0.1) is 0 Å². The summed E-state index contributed by atoms with van der Waals surface area (Å²) in [4.78, 5) is 11.2. The van der Waals surface area contributed by atoms with Gasteiger partial charge in [-0.3, -0.25) is 9.48 Å². The van der Waals surface area contributed by atoms with Gasteiger partial charge < -0.3 is 5.32 Å². The highest BCUT2D eigenvalue weighted by Crippen LogP contribution is 2.22. The minimum absolute atomic E-state index is 0.0690. The van der Waals surface area contributed by atoms with Gasteiger partial charge in [0.05, 0.1) is 5.69 Å². The molecule has 0 unspecified atom stereocenters. The first-order valence-corrected chi connectivity index (χ1v) is 7.16. The summed E-state index contributed by atoms with van der Waals surface area (Å²) in [6, 6.07) is 7.04. The molecule has 106 valence electrons. The lowest BCUT2D eigenvalue weighted by Gasteiger charge is -2.08. The van der Waals surface area contributed by atoms with E-state index >= 15 is 0 Å². The van der Waals surface area contributed by atoms with Crippen molar-refractivity contribution in [1.29, 1.82) is 0 Å². The Hall–Kier alpha value is -2.22. The van der Waals surface area contributed by atoms with Crippen LogP contribution in [0.25, 0.3) is 0 Å². The molecule has 2 rings (SSSR count). The molecule has 0 aliphatic carbocycles. The third-order valence-corrected chi connectivity index (χ3v) is 3.43. The van der Waals surface area contributed by atoms with Crippen LogP contribution in [-0.4, -0.2) is 24.1 Å². The maximum atomic E-state index is 13.0. The monoisotopic (exact) mass is 297 g/mol. The second-order valence-corrected chi connectivity index (χ2v) is 5.32. The minimum atomic E-state index is -4.87. The number of carbonyl (C=O) groups is 1. The summed E-state index contributed by atoms with van der Waals surface area (Å²) in [5.74, 6) is -0.420. The number of rotatable bonds is 5. The quantitative estimate of drug-likeness (QED) is 0.849. The maximum Gasteiger partial charge on any atom is 0.334 e. The van der Waals surface area contributed by atoms with E-state index in [-0.39, 0.29) is 12.1 Å². The number of nitrogens with one attached hydrogen (secondary N) is 1. The number of aryl methyl sites for hydroxylation is 1. The fraction of sp³-hybridized carbons (Fsp3) is 0.167. The molecule has 0 radical (unpaired) electrons. The average Bonchev–Trinajstić information content (AvgIpc) is 2.89. The smallest absolute Gasteiger partial charge is 0.325 e. The molecule has 1 heterocycles. The molecule has 1 aromatic carbocycles. The van der Waals surface area contributed by atoms with E-state index in [1.165, 1.54) is 18.2 Å². The first-order chi connectivity index (χ1) is 9.47. The number of para-hydroxylation sites is 1. The number of hydrogen-bond donors (Lipinski definition) is 1. The fourth-order valence-electron chi connectivity index (χ4n) is 1.64. The number of carbonyl (C=O) groups excluding carboxylic acids is 1. The molecule has 0 fully saturated rings. The summed E-state index contributed by atoms with van der Waals surface area (Å²) in [6.07, 6.45) is 3.39. The van der Waals surface area contributed by atoms with Crippen LogP contribution in [0.5, 0.6) is 0 Å². The first kappa shape index (κ1) is 14.2. The predicted molar refractivity (Wildman–Crippen MR) is 70.2 cm³/mol. The molecule has 1 amide bonds. The predicted octanol–water partition coefficient (Wildman–Crippen LogP) is 1.57. The number of halogens is 1. The SMILES string of the molecule is O=C(CCn1cccn1)Nc1ccccc1S(=O)(=O)F. The van der Waals surface area contributed by atoms with E-state index in [4.69, 9.17) is 0 Å². The molecule has 1 aromatic heterocycles. The van der Waals surface area contributed by atoms with Crippen molar-refractivity contribution in [2.24, 2.45) is 0 Å². The van der Waals surface area contributed by atoms with Gasteiger partial charge >= 0.3 is 10.2 Å². The molecular formula is C12H12FN3O3S. The van der Waals surface area contributed by atoms with E-state index in [0.29, 0.717) is 6.54 Å². The second kappa shape index (κ2) is 5.83. The van der Waals surface area contributed by atoms with E-state index in [1.54, 1.807) is 23.1 Å². The number of aromatic nitrogens is 2. The maximum absolute atomic E-state index is 13.0. The molecule has 6 nitrogen and oxygen atoms in total. The Kier molecular flexibility index (Phi) is 4.14. The third-order valence-electron chi connectivity index (χ3n) is 2.55. The van der Waals surface area contributed by atoms with Gasteiger partial charge in [0, 0.05) is 25.4 Å². The van der Waals surface area contributed by atoms with Gasteiger partial charge in [0.15, 0.2) is 0 Å². The number of hydrogen-bond acceptors (Lipinski definition) is 4. The largest absolute Gasteiger partial charge is 0.334 e. The highest BCUT2D eigenvalue weighted by Gasteiger charge is 2.17. The Labute approximate surface area is 115 Å². The molecular weight excluding hydrogens is 285 g/mol. The zero-order valence-electron chi connectivity index (χ0n) is 10.4. The van der Waals surface area contributed by atoms with Crippen LogP contribution >= 0.6 is 0 Å². The van der Waals surface area contributed by atoms with Crippen LogP contribution in [0.1, 0.15) is 6.42 Å². The first-order valence-electron chi connectivity index (χ1n) is 5.78. The molecule has 8 heteroatoms. The van der Waals surface area contributed by atoms with Gasteiger partial charge in [0.25, 0.3) is 0 Å². The van der Waals surface area contributed by atoms with Crippen LogP contribution in [-0.2, 0) is 21.6 Å². The minimum Gasteiger partial charge on any atom is -0.325 e. The van der Waals surface area contributed by atoms with Crippen molar-refractivity contribution in [2.75, 3.05) is 5.32 Å². The van der Waals surface area contributed by atoms with E-state index in [9.17, 15) is 17.1 Å². The van der Waals surface area contributed by atoms with Crippen molar-refractivity contribution >= 4 is 21.8 Å². The van der Waals surface area contributed by atoms with E-state index in [1.807, 2.05) is 0 Å². The fourth-order valence-corrected chi connectivity index (χ4v) is 2.27. The molecule has 0 saturated heterocycles. The number of amides is 1. The summed E-state index contributed by atoms with van der Waals surface area (Å²) in [5, 5.41) is 6.31. The van der Waals surface area contributed by atoms with Crippen molar-refractivity contribution in [3.05, 3.63) is 42.7 Å². The molecule has 2 aromatic rings. The average molecular weight is 297 g/mol. The van der Waals surface area contributed by atoms with Crippen LogP contribution in [0.15, 0.2) is 47.6 Å². The summed E-state index contributed by atoms with van der Waals surface area (Å²) in [6.45, 7) is 0.351. The Morgan fingerprint density at radius 1 is 1.30 bits per heavy atom. The summed E-state index contributed by atoms with van der Waals surface area (Å²) in [7, 11) is -4.87. The summed E-state index contributed by atoms with van der Waals surface area (Å²) in [5.41, 5.74) is -0.0690. The van der Waals surface area contributed by atoms with Gasteiger partial charge in [-0.05, 0) is 18.2 Å². The van der Waals surface area contributed by atoms with Crippen molar-refractivity contribution in [1.82, 2.24) is 9.78 Å². The van der Waals surface area contributed by atoms with Gasteiger partial charge in [-0.15, -0.1) is 3.89 Å². The molecule has 0 spiro atoms. The molecule has 0 bridgehead atoms. The molecule has 0 aliphatic heterocycles. The topological polar surface area (TPSA) is 81.1 Å². The van der Waals surface area contributed by atoms with Crippen LogP contribution in [0.2, 0.25) is 0 Å². The lowest BCUT2D eigenvalue weighted by atomic mass is 10.3. The molecule has 0 atom stereocenters. The van der Waals surface area contributed by atoms with Crippen molar-refractivity contribution in [3.63, 3.8) is 0 Å². The number of anilines is 1. The van der Waals surface area contributed by atoms with Gasteiger partial charge in [-0.25, -0.2) is 0 Å². The molecule has 0 aliphatic rings. The molecule has 0 saturated carbocycles. The van der Waals surface area contributed by atoms with E-state index in [0.717, 1.165) is 6.07 Å². The van der Waals surface area contributed by atoms with Gasteiger partial charge in [0.2, 0.25) is 5.91 Å². The standard InChI is InChI=1S/C12H12FN3O3S/c13-20(18,19)11-5-2-1-4-10(11)15-12(17)6-9-16-8-3-7-14-16/h1-5,7-8H,6,9H2,(H,15,17). The molecule has 20 heavy (non-hydrogen) atoms. The molecule has 1 N–H and O–H groups in total. The highest BCUT2D eigenvalue weighted by atomic mass is 32.3. The second-order valence-electron chi connectivity index (χ2n) is 4.00. The number of nitrogens with zero attached hydrogens (tertiary/aromatic N) is 2. The van der Waals surface area contributed by atoms with Gasteiger partial charge in [-0.2, -0.15) is 13.5 Å². The van der Waals surface area contributed by atoms with Crippen molar-refractivity contribution in [2.45, 2.75) is 17.9 Å². The lowest BCUT2D eigenvalue weighted by molar-refractivity contribution is -0.116. The van der Waals surface area contributed by atoms with Gasteiger partial charge in [0.1, 0.15) is 4.90 Å². The third kappa shape index (κ3) is 3.64. The van der Waals surface area contributed by atoms with E-state index in [2.05, 4.69) is 10.4 Å². The summed E-state index contributed by atoms with van der Waals surface area (Å²) < 4.78 is 36.5. The Bertz CT molecular complexity index is 698.